The Kier molecular flexibility index (Phi) is 7.92. The molecule has 3 aromatic rings. The van der Waals surface area contributed by atoms with E-state index < -0.39 is 0 Å². The molecular formula is C30H36N4O3. The number of nitrogens with one attached hydrogen (secondary N) is 3. The first-order valence-electron chi connectivity index (χ1n) is 13.3. The number of rotatable bonds is 9. The first kappa shape index (κ1) is 25.1. The summed E-state index contributed by atoms with van der Waals surface area (Å²) >= 11 is 0. The smallest absolute Gasteiger partial charge is 0.258 e. The van der Waals surface area contributed by atoms with Crippen molar-refractivity contribution < 1.29 is 14.6 Å². The highest BCUT2D eigenvalue weighted by molar-refractivity contribution is 6.08. The van der Waals surface area contributed by atoms with E-state index in [1.807, 2.05) is 47.4 Å². The predicted molar refractivity (Wildman–Crippen MR) is 150 cm³/mol. The van der Waals surface area contributed by atoms with Crippen molar-refractivity contribution in [3.63, 3.8) is 0 Å². The minimum atomic E-state index is -0.0254. The van der Waals surface area contributed by atoms with E-state index in [1.165, 1.54) is 11.3 Å². The van der Waals surface area contributed by atoms with Gasteiger partial charge in [-0.25, -0.2) is 0 Å². The summed E-state index contributed by atoms with van der Waals surface area (Å²) in [5.41, 5.74) is 7.08. The maximum atomic E-state index is 13.8. The van der Waals surface area contributed by atoms with Gasteiger partial charge in [0, 0.05) is 42.5 Å². The monoisotopic (exact) mass is 500 g/mol. The number of carbonyl (C=O) groups excluding carboxylic acids is 1. The van der Waals surface area contributed by atoms with Crippen molar-refractivity contribution in [2.45, 2.75) is 32.2 Å². The number of fused-ring (bicyclic) bond motifs is 2. The van der Waals surface area contributed by atoms with Crippen LogP contribution < -0.4 is 25.6 Å². The van der Waals surface area contributed by atoms with Crippen LogP contribution in [0.1, 0.15) is 35.7 Å². The average molecular weight is 501 g/mol. The van der Waals surface area contributed by atoms with E-state index in [1.54, 1.807) is 0 Å². The third kappa shape index (κ3) is 5.73. The zero-order chi connectivity index (χ0) is 25.6. The van der Waals surface area contributed by atoms with Crippen molar-refractivity contribution in [1.82, 2.24) is 5.32 Å². The van der Waals surface area contributed by atoms with Gasteiger partial charge in [-0.1, -0.05) is 18.2 Å². The zero-order valence-corrected chi connectivity index (χ0v) is 21.4. The molecule has 0 radical (unpaired) electrons. The van der Waals surface area contributed by atoms with E-state index in [-0.39, 0.29) is 18.6 Å². The molecule has 0 saturated heterocycles. The quantitative estimate of drug-likeness (QED) is 0.323. The van der Waals surface area contributed by atoms with Crippen LogP contribution in [0.2, 0.25) is 0 Å². The second-order valence-corrected chi connectivity index (χ2v) is 9.74. The molecule has 2 aliphatic heterocycles. The summed E-state index contributed by atoms with van der Waals surface area (Å²) in [7, 11) is 0. The van der Waals surface area contributed by atoms with Gasteiger partial charge in [0.15, 0.2) is 0 Å². The van der Waals surface area contributed by atoms with Crippen molar-refractivity contribution in [3.05, 3.63) is 71.8 Å². The Hall–Kier alpha value is -3.55. The first-order chi connectivity index (χ1) is 18.1. The molecule has 0 saturated carbocycles. The number of para-hydroxylation sites is 2. The fourth-order valence-corrected chi connectivity index (χ4v) is 5.05. The molecule has 7 heteroatoms. The summed E-state index contributed by atoms with van der Waals surface area (Å²) < 4.78 is 6.28. The Bertz CT molecular complexity index is 1250. The Morgan fingerprint density at radius 1 is 1.11 bits per heavy atom. The number of ether oxygens (including phenoxy) is 1. The van der Waals surface area contributed by atoms with Crippen LogP contribution >= 0.6 is 0 Å². The van der Waals surface area contributed by atoms with Gasteiger partial charge < -0.3 is 30.7 Å². The Labute approximate surface area is 218 Å². The average Bonchev–Trinajstić information content (AvgIpc) is 3.32. The molecule has 0 aliphatic carbocycles. The largest absolute Gasteiger partial charge is 0.493 e. The molecule has 7 nitrogen and oxygen atoms in total. The second kappa shape index (κ2) is 11.7. The van der Waals surface area contributed by atoms with Crippen LogP contribution in [0.3, 0.4) is 0 Å². The van der Waals surface area contributed by atoms with Crippen LogP contribution in [0, 0.1) is 0 Å². The van der Waals surface area contributed by atoms with E-state index in [0.29, 0.717) is 31.0 Å². The molecule has 2 aliphatic rings. The molecule has 2 heterocycles. The number of hydrogen-bond donors (Lipinski definition) is 4. The summed E-state index contributed by atoms with van der Waals surface area (Å²) in [5.74, 6) is 0.691. The normalized spacial score (nSPS) is 16.3. The van der Waals surface area contributed by atoms with E-state index in [4.69, 9.17) is 9.84 Å². The lowest BCUT2D eigenvalue weighted by atomic mass is 9.99. The SMILES string of the molecule is CC1CCN(C(=O)c2ccc(-c3ccc4c(c3)CCN4)c(OCCCNCCO)c2)c2ccccc2N1. The first-order valence-corrected chi connectivity index (χ1v) is 13.3. The maximum Gasteiger partial charge on any atom is 0.258 e. The molecule has 0 bridgehead atoms. The Balaban J connectivity index is 1.43. The van der Waals surface area contributed by atoms with Gasteiger partial charge in [-0.2, -0.15) is 0 Å². The van der Waals surface area contributed by atoms with Crippen LogP contribution in [-0.2, 0) is 6.42 Å². The van der Waals surface area contributed by atoms with Crippen molar-refractivity contribution in [1.29, 1.82) is 0 Å². The van der Waals surface area contributed by atoms with Crippen LogP contribution in [0.15, 0.2) is 60.7 Å². The molecule has 1 unspecified atom stereocenters. The van der Waals surface area contributed by atoms with Crippen LogP contribution in [0.4, 0.5) is 17.1 Å². The Morgan fingerprint density at radius 3 is 2.89 bits per heavy atom. The topological polar surface area (TPSA) is 85.9 Å². The number of amides is 1. The molecular weight excluding hydrogens is 464 g/mol. The fourth-order valence-electron chi connectivity index (χ4n) is 5.05. The number of benzene rings is 3. The highest BCUT2D eigenvalue weighted by Crippen LogP contribution is 2.36. The van der Waals surface area contributed by atoms with E-state index in [9.17, 15) is 4.79 Å². The second-order valence-electron chi connectivity index (χ2n) is 9.74. The Morgan fingerprint density at radius 2 is 2.00 bits per heavy atom. The fraction of sp³-hybridized carbons (Fsp3) is 0.367. The lowest BCUT2D eigenvalue weighted by molar-refractivity contribution is 0.0986. The van der Waals surface area contributed by atoms with Gasteiger partial charge in [0.25, 0.3) is 5.91 Å². The summed E-state index contributed by atoms with van der Waals surface area (Å²) in [5, 5.41) is 19.1. The number of aliphatic hydroxyl groups is 1. The van der Waals surface area contributed by atoms with Crippen LogP contribution in [0.5, 0.6) is 5.75 Å². The van der Waals surface area contributed by atoms with Gasteiger partial charge in [0.2, 0.25) is 0 Å². The molecule has 0 aromatic heterocycles. The molecule has 1 atom stereocenters. The predicted octanol–water partition coefficient (Wildman–Crippen LogP) is 4.52. The summed E-state index contributed by atoms with van der Waals surface area (Å²) in [6, 6.07) is 20.6. The molecule has 0 fully saturated rings. The van der Waals surface area contributed by atoms with E-state index in [2.05, 4.69) is 41.1 Å². The summed E-state index contributed by atoms with van der Waals surface area (Å²) in [6.07, 6.45) is 2.67. The van der Waals surface area contributed by atoms with E-state index >= 15 is 0 Å². The summed E-state index contributed by atoms with van der Waals surface area (Å²) in [4.78, 5) is 15.7. The maximum absolute atomic E-state index is 13.8. The number of nitrogens with zero attached hydrogens (tertiary/aromatic N) is 1. The van der Waals surface area contributed by atoms with Gasteiger partial charge in [0.1, 0.15) is 5.75 Å². The molecule has 1 amide bonds. The van der Waals surface area contributed by atoms with Crippen molar-refractivity contribution in [2.24, 2.45) is 0 Å². The van der Waals surface area contributed by atoms with Crippen molar-refractivity contribution >= 4 is 23.0 Å². The molecule has 194 valence electrons. The van der Waals surface area contributed by atoms with Gasteiger partial charge in [-0.15, -0.1) is 0 Å². The van der Waals surface area contributed by atoms with Gasteiger partial charge in [-0.3, -0.25) is 4.79 Å². The minimum absolute atomic E-state index is 0.0254. The van der Waals surface area contributed by atoms with Crippen molar-refractivity contribution in [3.8, 4) is 16.9 Å². The standard InChI is InChI=1S/C30H36N4O3/c1-21-12-16-34(28-6-3-2-5-27(28)33-21)30(36)24-7-9-25(22-8-10-26-23(19-22)11-14-32-26)29(20-24)37-18-4-13-31-15-17-35/h2-3,5-10,19-21,31-33,35H,4,11-18H2,1H3. The van der Waals surface area contributed by atoms with E-state index in [0.717, 1.165) is 54.9 Å². The third-order valence-corrected chi connectivity index (χ3v) is 7.03. The lowest BCUT2D eigenvalue weighted by Gasteiger charge is -2.23. The molecule has 0 spiro atoms. The number of anilines is 3. The van der Waals surface area contributed by atoms with Gasteiger partial charge in [0.05, 0.1) is 24.6 Å². The molecule has 5 rings (SSSR count). The third-order valence-electron chi connectivity index (χ3n) is 7.03. The molecule has 4 N–H and O–H groups in total. The van der Waals surface area contributed by atoms with Crippen molar-refractivity contribution in [2.75, 3.05) is 54.9 Å². The molecule has 3 aromatic carbocycles. The highest BCUT2D eigenvalue weighted by Gasteiger charge is 2.25. The number of hydrogen-bond acceptors (Lipinski definition) is 6. The van der Waals surface area contributed by atoms with Crippen LogP contribution in [-0.4, -0.2) is 56.4 Å². The zero-order valence-electron chi connectivity index (χ0n) is 21.4. The minimum Gasteiger partial charge on any atom is -0.493 e. The summed E-state index contributed by atoms with van der Waals surface area (Å²) in [6.45, 7) is 5.72. The van der Waals surface area contributed by atoms with Crippen LogP contribution in [0.25, 0.3) is 11.1 Å². The molecule has 37 heavy (non-hydrogen) atoms. The highest BCUT2D eigenvalue weighted by atomic mass is 16.5. The number of carbonyl (C=O) groups is 1. The van der Waals surface area contributed by atoms with Gasteiger partial charge >= 0.3 is 0 Å². The number of aliphatic hydroxyl groups excluding tert-OH is 1. The van der Waals surface area contributed by atoms with Gasteiger partial charge in [-0.05, 0) is 86.3 Å². The lowest BCUT2D eigenvalue weighted by Crippen LogP contribution is -2.32.